The van der Waals surface area contributed by atoms with Gasteiger partial charge in [0.2, 0.25) is 0 Å². The Kier molecular flexibility index (Phi) is 3.53. The van der Waals surface area contributed by atoms with Gasteiger partial charge in [0, 0.05) is 11.8 Å². The van der Waals surface area contributed by atoms with Crippen molar-refractivity contribution >= 4 is 45.1 Å². The molecule has 1 unspecified atom stereocenters. The standard InChI is InChI=1S/C12H15N3S3/c1-15-5-4-7-8(6-15)18-11-9(7)10(16-2)13-12(14-11)17-3/h4-6H2,1-3H3/p+1. The Morgan fingerprint density at radius 3 is 2.78 bits per heavy atom. The zero-order valence-electron chi connectivity index (χ0n) is 10.7. The summed E-state index contributed by atoms with van der Waals surface area (Å²) in [5, 5.41) is 3.38. The lowest BCUT2D eigenvalue weighted by Gasteiger charge is -2.19. The minimum atomic E-state index is 0.895. The highest BCUT2D eigenvalue weighted by Gasteiger charge is 2.24. The number of nitrogens with zero attached hydrogens (tertiary/aromatic N) is 2. The van der Waals surface area contributed by atoms with E-state index in [-0.39, 0.29) is 0 Å². The van der Waals surface area contributed by atoms with Crippen LogP contribution in [0.1, 0.15) is 10.4 Å². The Bertz CT molecular complexity index is 594. The van der Waals surface area contributed by atoms with Gasteiger partial charge in [0.05, 0.1) is 18.5 Å². The van der Waals surface area contributed by atoms with E-state index in [1.807, 2.05) is 17.6 Å². The van der Waals surface area contributed by atoms with Gasteiger partial charge in [-0.2, -0.15) is 0 Å². The van der Waals surface area contributed by atoms with Gasteiger partial charge >= 0.3 is 0 Å². The quantitative estimate of drug-likeness (QED) is 0.519. The second-order valence-corrected chi connectivity index (χ2v) is 7.19. The van der Waals surface area contributed by atoms with E-state index in [4.69, 9.17) is 0 Å². The summed E-state index contributed by atoms with van der Waals surface area (Å²) < 4.78 is 0. The lowest BCUT2D eigenvalue weighted by Crippen LogP contribution is -3.08. The number of likely N-dealkylation sites (N-methyl/N-ethyl adjacent to an activating group) is 1. The minimum absolute atomic E-state index is 0.895. The molecule has 1 N–H and O–H groups in total. The number of hydrogen-bond donors (Lipinski definition) is 1. The van der Waals surface area contributed by atoms with Crippen LogP contribution in [0.2, 0.25) is 0 Å². The van der Waals surface area contributed by atoms with Gasteiger partial charge in [-0.15, -0.1) is 23.1 Å². The van der Waals surface area contributed by atoms with Crippen LogP contribution in [0.25, 0.3) is 10.2 Å². The van der Waals surface area contributed by atoms with Crippen LogP contribution in [-0.4, -0.2) is 36.1 Å². The summed E-state index contributed by atoms with van der Waals surface area (Å²) in [5.74, 6) is 0. The Morgan fingerprint density at radius 2 is 2.06 bits per heavy atom. The summed E-state index contributed by atoms with van der Waals surface area (Å²) in [6.45, 7) is 2.36. The Hall–Kier alpha value is -0.300. The van der Waals surface area contributed by atoms with E-state index in [1.54, 1.807) is 28.4 Å². The summed E-state index contributed by atoms with van der Waals surface area (Å²) in [6, 6.07) is 0. The Balaban J connectivity index is 2.24. The van der Waals surface area contributed by atoms with E-state index in [2.05, 4.69) is 23.3 Å². The highest BCUT2D eigenvalue weighted by molar-refractivity contribution is 7.99. The molecule has 0 saturated heterocycles. The summed E-state index contributed by atoms with van der Waals surface area (Å²) in [5.41, 5.74) is 1.51. The van der Waals surface area contributed by atoms with Crippen LogP contribution in [0.3, 0.4) is 0 Å². The molecule has 0 fully saturated rings. The van der Waals surface area contributed by atoms with Crippen molar-refractivity contribution in [3.05, 3.63) is 10.4 Å². The molecule has 96 valence electrons. The number of thioether (sulfide) groups is 2. The number of nitrogens with one attached hydrogen (secondary N) is 1. The first-order valence-electron chi connectivity index (χ1n) is 5.94. The van der Waals surface area contributed by atoms with Crippen LogP contribution in [0.5, 0.6) is 0 Å². The number of quaternary nitrogens is 1. The van der Waals surface area contributed by atoms with Crippen LogP contribution >= 0.6 is 34.9 Å². The van der Waals surface area contributed by atoms with Crippen molar-refractivity contribution in [3.8, 4) is 0 Å². The molecule has 0 spiro atoms. The van der Waals surface area contributed by atoms with Crippen LogP contribution in [0.4, 0.5) is 0 Å². The van der Waals surface area contributed by atoms with Gasteiger partial charge in [0.1, 0.15) is 16.4 Å². The van der Waals surface area contributed by atoms with Gasteiger partial charge < -0.3 is 4.90 Å². The molecule has 0 radical (unpaired) electrons. The summed E-state index contributed by atoms with van der Waals surface area (Å²) >= 11 is 5.23. The number of fused-ring (bicyclic) bond motifs is 3. The van der Waals surface area contributed by atoms with Gasteiger partial charge in [-0.1, -0.05) is 11.8 Å². The molecular formula is C12H16N3S3+. The molecule has 18 heavy (non-hydrogen) atoms. The fraction of sp³-hybridized carbons (Fsp3) is 0.500. The molecule has 0 bridgehead atoms. The van der Waals surface area contributed by atoms with Crippen molar-refractivity contribution in [2.24, 2.45) is 0 Å². The van der Waals surface area contributed by atoms with E-state index >= 15 is 0 Å². The lowest BCUT2D eigenvalue weighted by atomic mass is 10.1. The van der Waals surface area contributed by atoms with Gasteiger partial charge in [-0.05, 0) is 18.1 Å². The first-order chi connectivity index (χ1) is 8.72. The van der Waals surface area contributed by atoms with E-state index in [9.17, 15) is 0 Å². The second-order valence-electron chi connectivity index (χ2n) is 4.54. The van der Waals surface area contributed by atoms with Crippen molar-refractivity contribution in [3.63, 3.8) is 0 Å². The maximum Gasteiger partial charge on any atom is 0.189 e. The monoisotopic (exact) mass is 298 g/mol. The zero-order valence-corrected chi connectivity index (χ0v) is 13.2. The van der Waals surface area contributed by atoms with Gasteiger partial charge in [0.25, 0.3) is 0 Å². The molecule has 3 nitrogen and oxygen atoms in total. The molecule has 0 aliphatic carbocycles. The largest absolute Gasteiger partial charge is 0.333 e. The highest BCUT2D eigenvalue weighted by Crippen LogP contribution is 2.37. The number of aromatic nitrogens is 2. The molecule has 2 aromatic rings. The van der Waals surface area contributed by atoms with E-state index in [0.29, 0.717) is 0 Å². The van der Waals surface area contributed by atoms with Crippen LogP contribution in [-0.2, 0) is 13.0 Å². The first-order valence-corrected chi connectivity index (χ1v) is 9.21. The molecule has 0 saturated carbocycles. The average molecular weight is 298 g/mol. The smallest absolute Gasteiger partial charge is 0.189 e. The van der Waals surface area contributed by atoms with E-state index < -0.39 is 0 Å². The maximum atomic E-state index is 4.68. The van der Waals surface area contributed by atoms with Crippen molar-refractivity contribution < 1.29 is 4.90 Å². The number of thiophene rings is 1. The van der Waals surface area contributed by atoms with Gasteiger partial charge in [-0.25, -0.2) is 9.97 Å². The fourth-order valence-corrected chi connectivity index (χ4v) is 4.88. The van der Waals surface area contributed by atoms with Crippen molar-refractivity contribution in [2.45, 2.75) is 23.1 Å². The lowest BCUT2D eigenvalue weighted by molar-refractivity contribution is -0.895. The molecule has 3 heterocycles. The van der Waals surface area contributed by atoms with E-state index in [0.717, 1.165) is 23.1 Å². The highest BCUT2D eigenvalue weighted by atomic mass is 32.2. The minimum Gasteiger partial charge on any atom is -0.333 e. The summed E-state index contributed by atoms with van der Waals surface area (Å²) in [7, 11) is 2.27. The molecule has 1 atom stereocenters. The molecule has 1 aliphatic heterocycles. The first kappa shape index (κ1) is 12.7. The molecule has 6 heteroatoms. The summed E-state index contributed by atoms with van der Waals surface area (Å²) in [4.78, 5) is 13.6. The summed E-state index contributed by atoms with van der Waals surface area (Å²) in [6.07, 6.45) is 5.31. The average Bonchev–Trinajstić information content (AvgIpc) is 2.74. The van der Waals surface area contributed by atoms with Crippen LogP contribution < -0.4 is 4.90 Å². The fourth-order valence-electron chi connectivity index (χ4n) is 2.40. The third-order valence-electron chi connectivity index (χ3n) is 3.32. The van der Waals surface area contributed by atoms with Crippen molar-refractivity contribution in [2.75, 3.05) is 26.1 Å². The predicted octanol–water partition coefficient (Wildman–Crippen LogP) is 1.71. The van der Waals surface area contributed by atoms with Crippen LogP contribution in [0, 0.1) is 0 Å². The molecular weight excluding hydrogens is 282 g/mol. The third-order valence-corrected chi connectivity index (χ3v) is 5.68. The molecule has 3 rings (SSSR count). The van der Waals surface area contributed by atoms with Gasteiger partial charge in [-0.3, -0.25) is 0 Å². The normalized spacial score (nSPS) is 19.2. The predicted molar refractivity (Wildman–Crippen MR) is 80.1 cm³/mol. The second kappa shape index (κ2) is 5.00. The van der Waals surface area contributed by atoms with Crippen molar-refractivity contribution in [1.82, 2.24) is 9.97 Å². The Morgan fingerprint density at radius 1 is 1.22 bits per heavy atom. The Labute approximate surface area is 119 Å². The molecule has 0 amide bonds. The molecule has 1 aliphatic rings. The van der Waals surface area contributed by atoms with Crippen molar-refractivity contribution in [1.29, 1.82) is 0 Å². The number of hydrogen-bond acceptors (Lipinski definition) is 5. The SMILES string of the molecule is CSc1nc(SC)c2c3c(sc2n1)C[NH+](C)CC3. The molecule has 2 aromatic heterocycles. The van der Waals surface area contributed by atoms with Gasteiger partial charge in [0.15, 0.2) is 5.16 Å². The molecule has 0 aromatic carbocycles. The maximum absolute atomic E-state index is 4.68. The van der Waals surface area contributed by atoms with Crippen LogP contribution in [0.15, 0.2) is 10.2 Å². The number of rotatable bonds is 2. The van der Waals surface area contributed by atoms with E-state index in [1.165, 1.54) is 27.2 Å². The zero-order chi connectivity index (χ0) is 12.7. The third kappa shape index (κ3) is 2.05. The topological polar surface area (TPSA) is 30.2 Å².